The average Bonchev–Trinajstić information content (AvgIpc) is 3.77. The van der Waals surface area contributed by atoms with E-state index in [0.29, 0.717) is 5.91 Å². The molecule has 3 fully saturated rings. The Balaban J connectivity index is 1.14. The lowest BCUT2D eigenvalue weighted by atomic mass is 9.84. The second-order valence-corrected chi connectivity index (χ2v) is 11.5. The number of anilines is 1. The number of carbonyl (C=O) groups is 1. The van der Waals surface area contributed by atoms with Crippen molar-refractivity contribution in [3.8, 4) is 11.3 Å². The van der Waals surface area contributed by atoms with Crippen LogP contribution in [0.15, 0.2) is 42.9 Å². The zero-order valence-corrected chi connectivity index (χ0v) is 23.7. The minimum absolute atomic E-state index is 0.00673. The maximum Gasteiger partial charge on any atom is 0.345 e. The molecule has 3 aromatic rings. The zero-order valence-electron chi connectivity index (χ0n) is 23.7. The minimum Gasteiger partial charge on any atom is -0.373 e. The van der Waals surface area contributed by atoms with Gasteiger partial charge in [-0.25, -0.2) is 4.52 Å². The highest BCUT2D eigenvalue weighted by atomic mass is 19.3. The summed E-state index contributed by atoms with van der Waals surface area (Å²) in [5.41, 5.74) is 4.51. The lowest BCUT2D eigenvalue weighted by Crippen LogP contribution is -2.49. The van der Waals surface area contributed by atoms with E-state index in [-0.39, 0.29) is 18.6 Å². The Morgan fingerprint density at radius 3 is 2.49 bits per heavy atom. The fourth-order valence-corrected chi connectivity index (χ4v) is 6.25. The van der Waals surface area contributed by atoms with Crippen LogP contribution in [-0.4, -0.2) is 95.9 Å². The molecule has 1 amide bonds. The molecule has 220 valence electrons. The van der Waals surface area contributed by atoms with E-state index in [9.17, 15) is 13.6 Å². The van der Waals surface area contributed by atoms with Crippen molar-refractivity contribution < 1.29 is 23.0 Å². The van der Waals surface area contributed by atoms with E-state index in [1.165, 1.54) is 0 Å². The number of hydrogen-bond donors (Lipinski definition) is 0. The Morgan fingerprint density at radius 1 is 1.10 bits per heavy atom. The molecule has 11 heteroatoms. The van der Waals surface area contributed by atoms with Gasteiger partial charge in [0.25, 0.3) is 0 Å². The molecule has 1 atom stereocenters. The lowest BCUT2D eigenvalue weighted by molar-refractivity contribution is -0.145. The normalized spacial score (nSPS) is 20.6. The number of nitrogens with zero attached hydrogens (tertiary/aromatic N) is 6. The summed E-state index contributed by atoms with van der Waals surface area (Å²) < 4.78 is 37.4. The summed E-state index contributed by atoms with van der Waals surface area (Å²) in [6, 6.07) is 8.19. The lowest BCUT2D eigenvalue weighted by Gasteiger charge is -2.43. The summed E-state index contributed by atoms with van der Waals surface area (Å²) in [5, 5.41) is 4.54. The number of methoxy groups -OCH3 is 1. The molecule has 0 radical (unpaired) electrons. The maximum atomic E-state index is 12.5. The second kappa shape index (κ2) is 11.6. The molecule has 0 unspecified atom stereocenters. The highest BCUT2D eigenvalue weighted by molar-refractivity contribution is 5.82. The van der Waals surface area contributed by atoms with Gasteiger partial charge in [0.05, 0.1) is 29.1 Å². The first-order valence-electron chi connectivity index (χ1n) is 14.5. The number of aromatic nitrogens is 3. The van der Waals surface area contributed by atoms with Gasteiger partial charge in [0, 0.05) is 88.1 Å². The minimum atomic E-state index is -2.75. The highest BCUT2D eigenvalue weighted by Crippen LogP contribution is 2.38. The van der Waals surface area contributed by atoms with Gasteiger partial charge >= 0.3 is 6.61 Å². The maximum absolute atomic E-state index is 12.5. The number of carbonyl (C=O) groups excluding carboxylic acids is 1. The van der Waals surface area contributed by atoms with Crippen molar-refractivity contribution in [3.63, 3.8) is 0 Å². The molecular formula is C30H38F2N6O3. The second-order valence-electron chi connectivity index (χ2n) is 11.5. The van der Waals surface area contributed by atoms with Crippen LogP contribution in [0, 0.1) is 5.92 Å². The molecule has 3 aliphatic rings. The van der Waals surface area contributed by atoms with E-state index < -0.39 is 12.2 Å². The van der Waals surface area contributed by atoms with Gasteiger partial charge in [0.1, 0.15) is 0 Å². The van der Waals surface area contributed by atoms with Crippen molar-refractivity contribution in [1.29, 1.82) is 0 Å². The van der Waals surface area contributed by atoms with Crippen molar-refractivity contribution in [2.45, 2.75) is 50.9 Å². The number of rotatable bonds is 9. The molecule has 3 aromatic heterocycles. The van der Waals surface area contributed by atoms with E-state index in [4.69, 9.17) is 9.72 Å². The van der Waals surface area contributed by atoms with Crippen LogP contribution in [-0.2, 0) is 19.9 Å². The first-order chi connectivity index (χ1) is 19.9. The van der Waals surface area contributed by atoms with Crippen molar-refractivity contribution in [2.75, 3.05) is 57.9 Å². The number of likely N-dealkylation sites (tertiary alicyclic amines) is 1. The van der Waals surface area contributed by atoms with E-state index in [1.807, 2.05) is 47.1 Å². The Kier molecular flexibility index (Phi) is 7.93. The monoisotopic (exact) mass is 568 g/mol. The van der Waals surface area contributed by atoms with Crippen molar-refractivity contribution >= 4 is 17.1 Å². The largest absolute Gasteiger partial charge is 0.373 e. The molecule has 2 saturated heterocycles. The third-order valence-corrected chi connectivity index (χ3v) is 9.01. The number of piperidine rings is 1. The molecule has 0 bridgehead atoms. The summed E-state index contributed by atoms with van der Waals surface area (Å²) >= 11 is 0. The first kappa shape index (κ1) is 28.0. The number of amides is 1. The fourth-order valence-electron chi connectivity index (χ4n) is 6.25. The predicted octanol–water partition coefficient (Wildman–Crippen LogP) is 4.02. The zero-order chi connectivity index (χ0) is 28.6. The van der Waals surface area contributed by atoms with Crippen LogP contribution < -0.4 is 4.90 Å². The molecule has 0 N–H and O–H groups in total. The topological polar surface area (TPSA) is 75.4 Å². The molecule has 1 aliphatic carbocycles. The van der Waals surface area contributed by atoms with Crippen LogP contribution in [0.3, 0.4) is 0 Å². The van der Waals surface area contributed by atoms with Gasteiger partial charge in [-0.15, -0.1) is 0 Å². The smallest absolute Gasteiger partial charge is 0.345 e. The van der Waals surface area contributed by atoms with E-state index in [0.717, 1.165) is 93.0 Å². The molecule has 1 saturated carbocycles. The highest BCUT2D eigenvalue weighted by Gasteiger charge is 2.38. The number of ether oxygens (including phenoxy) is 2. The number of pyridine rings is 1. The number of piperazine rings is 1. The van der Waals surface area contributed by atoms with E-state index in [1.54, 1.807) is 7.11 Å². The summed E-state index contributed by atoms with van der Waals surface area (Å²) in [6.45, 7) is 3.75. The van der Waals surface area contributed by atoms with Crippen molar-refractivity contribution in [1.82, 2.24) is 24.4 Å². The van der Waals surface area contributed by atoms with Crippen LogP contribution in [0.2, 0.25) is 0 Å². The Hall–Kier alpha value is -3.15. The number of alkyl halides is 2. The van der Waals surface area contributed by atoms with Gasteiger partial charge < -0.3 is 19.3 Å². The summed E-state index contributed by atoms with van der Waals surface area (Å²) in [7, 11) is 1.72. The third-order valence-electron chi connectivity index (χ3n) is 9.01. The van der Waals surface area contributed by atoms with Crippen LogP contribution in [0.25, 0.3) is 16.8 Å². The Labute approximate surface area is 239 Å². The molecule has 0 aromatic carbocycles. The van der Waals surface area contributed by atoms with Gasteiger partial charge in [-0.2, -0.15) is 13.9 Å². The van der Waals surface area contributed by atoms with Gasteiger partial charge in [-0.3, -0.25) is 14.7 Å². The van der Waals surface area contributed by atoms with Crippen LogP contribution >= 0.6 is 0 Å². The quantitative estimate of drug-likeness (QED) is 0.386. The Morgan fingerprint density at radius 2 is 1.85 bits per heavy atom. The SMILES string of the molecule is COC1(c2ccc(-c3cc4c(N5CCN(C(=O)C6CC6)CC5)ccnn4c3)nc2)CCN([C@H](C)COC(F)F)CC1. The third kappa shape index (κ3) is 5.80. The van der Waals surface area contributed by atoms with Crippen LogP contribution in [0.1, 0.15) is 38.2 Å². The summed E-state index contributed by atoms with van der Waals surface area (Å²) in [6.07, 6.45) is 9.28. The molecule has 0 spiro atoms. The van der Waals surface area contributed by atoms with Crippen LogP contribution in [0.4, 0.5) is 14.5 Å². The van der Waals surface area contributed by atoms with Gasteiger partial charge in [-0.1, -0.05) is 6.07 Å². The Bertz CT molecular complexity index is 1350. The number of fused-ring (bicyclic) bond motifs is 1. The number of halogens is 2. The molecule has 6 rings (SSSR count). The van der Waals surface area contributed by atoms with Crippen LogP contribution in [0.5, 0.6) is 0 Å². The van der Waals surface area contributed by atoms with Gasteiger partial charge in [-0.05, 0) is 50.8 Å². The van der Waals surface area contributed by atoms with Crippen molar-refractivity contribution in [2.24, 2.45) is 5.92 Å². The summed E-state index contributed by atoms with van der Waals surface area (Å²) in [4.78, 5) is 23.8. The molecule has 41 heavy (non-hydrogen) atoms. The first-order valence-corrected chi connectivity index (χ1v) is 14.5. The average molecular weight is 569 g/mol. The number of hydrogen-bond acceptors (Lipinski definition) is 7. The molecule has 5 heterocycles. The molecule has 2 aliphatic heterocycles. The molecular weight excluding hydrogens is 530 g/mol. The van der Waals surface area contributed by atoms with Gasteiger partial charge in [0.2, 0.25) is 5.91 Å². The standard InChI is InChI=1S/C30H38F2N6O3/c1-21(20-41-29(31)32)35-11-8-30(40-2,9-12-35)24-5-6-25(33-18-24)23-17-27-26(7-10-34-38(27)19-23)36-13-15-37(16-14-36)28(39)22-3-4-22/h5-7,10,17-19,21-22,29H,3-4,8-9,11-16,20H2,1-2H3/t21-/m1/s1. The van der Waals surface area contributed by atoms with Crippen molar-refractivity contribution in [3.05, 3.63) is 48.4 Å². The summed E-state index contributed by atoms with van der Waals surface area (Å²) in [5.74, 6) is 0.579. The van der Waals surface area contributed by atoms with E-state index in [2.05, 4.69) is 31.8 Å². The van der Waals surface area contributed by atoms with Gasteiger partial charge in [0.15, 0.2) is 0 Å². The predicted molar refractivity (Wildman–Crippen MR) is 151 cm³/mol. The fraction of sp³-hybridized carbons (Fsp3) is 0.567. The van der Waals surface area contributed by atoms with E-state index >= 15 is 0 Å². The molecule has 9 nitrogen and oxygen atoms in total.